The zero-order valence-electron chi connectivity index (χ0n) is 8.52. The van der Waals surface area contributed by atoms with Crippen molar-refractivity contribution in [3.05, 3.63) is 43.7 Å². The van der Waals surface area contributed by atoms with E-state index in [0.717, 1.165) is 11.4 Å². The van der Waals surface area contributed by atoms with Crippen LogP contribution in [0.4, 0.5) is 0 Å². The van der Waals surface area contributed by atoms with Crippen LogP contribution in [0.1, 0.15) is 16.5 Å². The average molecular weight is 274 g/mol. The first-order valence-corrected chi connectivity index (χ1v) is 7.04. The summed E-state index contributed by atoms with van der Waals surface area (Å²) in [6.45, 7) is 1.34. The molecule has 1 atom stereocenters. The monoisotopic (exact) mass is 273 g/mol. The minimum Gasteiger partial charge on any atom is -0.386 e. The third-order valence-corrected chi connectivity index (χ3v) is 4.23. The molecule has 0 fully saturated rings. The van der Waals surface area contributed by atoms with Crippen LogP contribution in [-0.2, 0) is 6.54 Å². The van der Waals surface area contributed by atoms with Gasteiger partial charge in [0.15, 0.2) is 0 Å². The highest BCUT2D eigenvalue weighted by Crippen LogP contribution is 2.26. The topological polar surface area (TPSA) is 32.3 Å². The molecule has 2 N–H and O–H groups in total. The third kappa shape index (κ3) is 3.30. The Morgan fingerprint density at radius 3 is 2.88 bits per heavy atom. The smallest absolute Gasteiger partial charge is 0.101 e. The Hall–Kier alpha value is -0.390. The predicted octanol–water partition coefficient (Wildman–Crippen LogP) is 3.29. The lowest BCUT2D eigenvalue weighted by Crippen LogP contribution is -2.20. The van der Waals surface area contributed by atoms with Gasteiger partial charge in [-0.05, 0) is 34.5 Å². The molecule has 0 spiro atoms. The summed E-state index contributed by atoms with van der Waals surface area (Å²) >= 11 is 8.91. The molecule has 0 saturated carbocycles. The minimum atomic E-state index is -0.476. The summed E-state index contributed by atoms with van der Waals surface area (Å²) in [6, 6.07) is 5.75. The number of aliphatic hydroxyl groups is 1. The zero-order valence-corrected chi connectivity index (χ0v) is 10.9. The normalized spacial score (nSPS) is 12.9. The van der Waals surface area contributed by atoms with Gasteiger partial charge in [0.2, 0.25) is 0 Å². The summed E-state index contributed by atoms with van der Waals surface area (Å²) in [4.78, 5) is 0.905. The van der Waals surface area contributed by atoms with Crippen molar-refractivity contribution in [2.75, 3.05) is 6.54 Å². The molecule has 5 heteroatoms. The lowest BCUT2D eigenvalue weighted by Gasteiger charge is -2.09. The van der Waals surface area contributed by atoms with E-state index in [4.69, 9.17) is 11.6 Å². The highest BCUT2D eigenvalue weighted by molar-refractivity contribution is 7.16. The summed E-state index contributed by atoms with van der Waals surface area (Å²) in [5.41, 5.74) is 1.25. The molecule has 0 radical (unpaired) electrons. The largest absolute Gasteiger partial charge is 0.386 e. The van der Waals surface area contributed by atoms with Crippen molar-refractivity contribution in [2.24, 2.45) is 0 Å². The molecule has 86 valence electrons. The fourth-order valence-corrected chi connectivity index (χ4v) is 3.07. The van der Waals surface area contributed by atoms with Gasteiger partial charge >= 0.3 is 0 Å². The van der Waals surface area contributed by atoms with E-state index in [1.807, 2.05) is 17.5 Å². The summed E-state index contributed by atoms with van der Waals surface area (Å²) in [5, 5.41) is 17.2. The van der Waals surface area contributed by atoms with E-state index in [2.05, 4.69) is 16.8 Å². The van der Waals surface area contributed by atoms with E-state index < -0.39 is 6.10 Å². The molecule has 16 heavy (non-hydrogen) atoms. The van der Waals surface area contributed by atoms with E-state index in [1.54, 1.807) is 11.3 Å². The second kappa shape index (κ2) is 5.80. The van der Waals surface area contributed by atoms with E-state index in [1.165, 1.54) is 16.9 Å². The van der Waals surface area contributed by atoms with E-state index >= 15 is 0 Å². The first-order chi connectivity index (χ1) is 7.75. The zero-order chi connectivity index (χ0) is 11.4. The fourth-order valence-electron chi connectivity index (χ4n) is 1.35. The van der Waals surface area contributed by atoms with Crippen LogP contribution in [0.5, 0.6) is 0 Å². The maximum absolute atomic E-state index is 9.85. The van der Waals surface area contributed by atoms with Crippen molar-refractivity contribution >= 4 is 34.3 Å². The third-order valence-electron chi connectivity index (χ3n) is 2.17. The van der Waals surface area contributed by atoms with Crippen LogP contribution in [0.25, 0.3) is 0 Å². The van der Waals surface area contributed by atoms with E-state index in [9.17, 15) is 5.11 Å². The number of halogens is 1. The molecule has 2 aromatic heterocycles. The van der Waals surface area contributed by atoms with Crippen LogP contribution in [0, 0.1) is 0 Å². The van der Waals surface area contributed by atoms with Gasteiger partial charge in [-0.3, -0.25) is 0 Å². The van der Waals surface area contributed by atoms with Crippen LogP contribution in [0.2, 0.25) is 4.34 Å². The molecule has 0 bridgehead atoms. The first-order valence-electron chi connectivity index (χ1n) is 4.91. The van der Waals surface area contributed by atoms with Crippen molar-refractivity contribution in [3.8, 4) is 0 Å². The highest BCUT2D eigenvalue weighted by atomic mass is 35.5. The number of aliphatic hydroxyl groups excluding tert-OH is 1. The molecule has 0 saturated heterocycles. The second-order valence-electron chi connectivity index (χ2n) is 3.42. The van der Waals surface area contributed by atoms with Gasteiger partial charge < -0.3 is 10.4 Å². The van der Waals surface area contributed by atoms with Crippen LogP contribution >= 0.6 is 34.3 Å². The first kappa shape index (κ1) is 12.1. The van der Waals surface area contributed by atoms with Crippen molar-refractivity contribution in [1.82, 2.24) is 5.32 Å². The van der Waals surface area contributed by atoms with Crippen LogP contribution in [-0.4, -0.2) is 11.7 Å². The van der Waals surface area contributed by atoms with Gasteiger partial charge in [-0.25, -0.2) is 0 Å². The van der Waals surface area contributed by atoms with Gasteiger partial charge in [-0.2, -0.15) is 11.3 Å². The maximum atomic E-state index is 9.85. The Kier molecular flexibility index (Phi) is 4.37. The molecule has 1 unspecified atom stereocenters. The van der Waals surface area contributed by atoms with Gasteiger partial charge in [-0.15, -0.1) is 11.3 Å². The molecular weight excluding hydrogens is 262 g/mol. The van der Waals surface area contributed by atoms with Gasteiger partial charge in [-0.1, -0.05) is 11.6 Å². The Morgan fingerprint density at radius 2 is 2.25 bits per heavy atom. The molecule has 2 nitrogen and oxygen atoms in total. The molecule has 0 aliphatic rings. The number of nitrogens with one attached hydrogen (secondary N) is 1. The molecule has 0 amide bonds. The standard InChI is InChI=1S/C11H12ClNOS2/c12-11-2-1-10(16-11)9(14)6-13-5-8-3-4-15-7-8/h1-4,7,9,13-14H,5-6H2. The Balaban J connectivity index is 1.78. The Bertz CT molecular complexity index is 427. The van der Waals surface area contributed by atoms with Gasteiger partial charge in [0, 0.05) is 18.0 Å². The number of thiophene rings is 2. The van der Waals surface area contributed by atoms with Crippen LogP contribution in [0.15, 0.2) is 29.0 Å². The molecule has 0 aliphatic heterocycles. The Labute approximate surface area is 108 Å². The number of rotatable bonds is 5. The fraction of sp³-hybridized carbons (Fsp3) is 0.273. The van der Waals surface area contributed by atoms with Crippen molar-refractivity contribution < 1.29 is 5.11 Å². The van der Waals surface area contributed by atoms with E-state index in [-0.39, 0.29) is 0 Å². The van der Waals surface area contributed by atoms with E-state index in [0.29, 0.717) is 10.9 Å². The molecule has 0 aromatic carbocycles. The molecule has 2 heterocycles. The van der Waals surface area contributed by atoms with Gasteiger partial charge in [0.1, 0.15) is 6.10 Å². The number of hydrogen-bond donors (Lipinski definition) is 2. The summed E-state index contributed by atoms with van der Waals surface area (Å²) < 4.78 is 0.715. The second-order valence-corrected chi connectivity index (χ2v) is 5.95. The molecule has 2 rings (SSSR count). The average Bonchev–Trinajstić information content (AvgIpc) is 2.89. The van der Waals surface area contributed by atoms with Gasteiger partial charge in [0.25, 0.3) is 0 Å². The molecular formula is C11H12ClNOS2. The van der Waals surface area contributed by atoms with Crippen molar-refractivity contribution in [1.29, 1.82) is 0 Å². The highest BCUT2D eigenvalue weighted by Gasteiger charge is 2.09. The Morgan fingerprint density at radius 1 is 1.38 bits per heavy atom. The van der Waals surface area contributed by atoms with Gasteiger partial charge in [0.05, 0.1) is 4.34 Å². The summed E-state index contributed by atoms with van der Waals surface area (Å²) in [5.74, 6) is 0. The lowest BCUT2D eigenvalue weighted by molar-refractivity contribution is 0.178. The SMILES string of the molecule is OC(CNCc1ccsc1)c1ccc(Cl)s1. The predicted molar refractivity (Wildman–Crippen MR) is 70.3 cm³/mol. The maximum Gasteiger partial charge on any atom is 0.101 e. The molecule has 2 aromatic rings. The van der Waals surface area contributed by atoms with Crippen LogP contribution < -0.4 is 5.32 Å². The summed E-state index contributed by atoms with van der Waals surface area (Å²) in [7, 11) is 0. The van der Waals surface area contributed by atoms with Crippen LogP contribution in [0.3, 0.4) is 0 Å². The quantitative estimate of drug-likeness (QED) is 0.876. The molecule has 0 aliphatic carbocycles. The van der Waals surface area contributed by atoms with Crippen molar-refractivity contribution in [2.45, 2.75) is 12.6 Å². The minimum absolute atomic E-state index is 0.476. The summed E-state index contributed by atoms with van der Waals surface area (Å²) in [6.07, 6.45) is -0.476. The lowest BCUT2D eigenvalue weighted by atomic mass is 10.3. The van der Waals surface area contributed by atoms with Crippen molar-refractivity contribution in [3.63, 3.8) is 0 Å². The number of hydrogen-bond acceptors (Lipinski definition) is 4.